The molecule has 0 saturated heterocycles. The zero-order valence-electron chi connectivity index (χ0n) is 17.7. The van der Waals surface area contributed by atoms with Gasteiger partial charge >= 0.3 is 0 Å². The Labute approximate surface area is 171 Å². The molecule has 1 amide bonds. The largest absolute Gasteiger partial charge is 0.496 e. The number of carbonyl (C=O) groups excluding carboxylic acids is 1. The molecule has 29 heavy (non-hydrogen) atoms. The van der Waals surface area contributed by atoms with E-state index in [1.54, 1.807) is 19.2 Å². The first kappa shape index (κ1) is 22.1. The van der Waals surface area contributed by atoms with Crippen molar-refractivity contribution >= 4 is 12.1 Å². The average molecular weight is 400 g/mol. The fourth-order valence-electron chi connectivity index (χ4n) is 2.75. The smallest absolute Gasteiger partial charge is 0.277 e. The van der Waals surface area contributed by atoms with Crippen LogP contribution in [0.25, 0.3) is 0 Å². The molecule has 7 heteroatoms. The van der Waals surface area contributed by atoms with Crippen LogP contribution < -0.4 is 24.4 Å². The van der Waals surface area contributed by atoms with Crippen molar-refractivity contribution in [1.29, 1.82) is 0 Å². The quantitative estimate of drug-likeness (QED) is 0.513. The van der Waals surface area contributed by atoms with Gasteiger partial charge < -0.3 is 18.9 Å². The highest BCUT2D eigenvalue weighted by Gasteiger charge is 2.12. The van der Waals surface area contributed by atoms with Gasteiger partial charge in [-0.3, -0.25) is 4.79 Å². The predicted molar refractivity (Wildman–Crippen MR) is 113 cm³/mol. The number of hydrogen-bond acceptors (Lipinski definition) is 6. The number of rotatable bonds is 9. The molecule has 0 aliphatic rings. The van der Waals surface area contributed by atoms with Crippen LogP contribution in [0, 0.1) is 6.92 Å². The summed E-state index contributed by atoms with van der Waals surface area (Å²) in [4.78, 5) is 12.1. The van der Waals surface area contributed by atoms with Crippen LogP contribution in [0.5, 0.6) is 23.0 Å². The molecule has 2 aromatic carbocycles. The number of benzene rings is 2. The van der Waals surface area contributed by atoms with Crippen LogP contribution in [-0.2, 0) is 4.79 Å². The maximum absolute atomic E-state index is 12.1. The zero-order valence-corrected chi connectivity index (χ0v) is 17.7. The van der Waals surface area contributed by atoms with Gasteiger partial charge in [-0.25, -0.2) is 5.43 Å². The maximum Gasteiger partial charge on any atom is 0.277 e. The lowest BCUT2D eigenvalue weighted by Gasteiger charge is -2.14. The van der Waals surface area contributed by atoms with Crippen molar-refractivity contribution in [3.05, 3.63) is 47.0 Å². The summed E-state index contributed by atoms with van der Waals surface area (Å²) in [6, 6.07) is 9.40. The number of methoxy groups -OCH3 is 3. The monoisotopic (exact) mass is 400 g/mol. The van der Waals surface area contributed by atoms with E-state index in [2.05, 4.69) is 24.4 Å². The molecule has 0 aromatic heterocycles. The Bertz CT molecular complexity index is 852. The third-order valence-electron chi connectivity index (χ3n) is 4.29. The molecule has 0 radical (unpaired) electrons. The number of amides is 1. The number of nitrogens with zero attached hydrogens (tertiary/aromatic N) is 1. The van der Waals surface area contributed by atoms with E-state index in [1.807, 2.05) is 25.1 Å². The van der Waals surface area contributed by atoms with E-state index in [1.165, 1.54) is 20.4 Å². The van der Waals surface area contributed by atoms with Gasteiger partial charge in [0, 0.05) is 12.1 Å². The summed E-state index contributed by atoms with van der Waals surface area (Å²) < 4.78 is 21.6. The van der Waals surface area contributed by atoms with Crippen LogP contribution in [-0.4, -0.2) is 40.1 Å². The third-order valence-corrected chi connectivity index (χ3v) is 4.29. The minimum atomic E-state index is -0.371. The Kier molecular flexibility index (Phi) is 7.88. The first-order valence-corrected chi connectivity index (χ1v) is 9.24. The zero-order chi connectivity index (χ0) is 21.4. The highest BCUT2D eigenvalue weighted by atomic mass is 16.5. The molecular formula is C22H28N2O5. The van der Waals surface area contributed by atoms with E-state index in [4.69, 9.17) is 18.9 Å². The number of ether oxygens (including phenoxy) is 4. The molecule has 7 nitrogen and oxygen atoms in total. The second-order valence-corrected chi connectivity index (χ2v) is 6.72. The van der Waals surface area contributed by atoms with Gasteiger partial charge in [-0.05, 0) is 30.0 Å². The van der Waals surface area contributed by atoms with Gasteiger partial charge in [-0.2, -0.15) is 5.10 Å². The molecule has 0 heterocycles. The highest BCUT2D eigenvalue weighted by Crippen LogP contribution is 2.32. The van der Waals surface area contributed by atoms with E-state index < -0.39 is 0 Å². The van der Waals surface area contributed by atoms with Crippen molar-refractivity contribution in [3.8, 4) is 23.0 Å². The number of aryl methyl sites for hydroxylation is 1. The van der Waals surface area contributed by atoms with Crippen LogP contribution in [0.1, 0.15) is 36.5 Å². The number of hydrogen-bond donors (Lipinski definition) is 1. The second-order valence-electron chi connectivity index (χ2n) is 6.72. The highest BCUT2D eigenvalue weighted by molar-refractivity contribution is 5.89. The van der Waals surface area contributed by atoms with Crippen molar-refractivity contribution in [2.24, 2.45) is 5.10 Å². The molecule has 156 valence electrons. The summed E-state index contributed by atoms with van der Waals surface area (Å²) in [5.41, 5.74) is 5.17. The van der Waals surface area contributed by atoms with Crippen LogP contribution in [0.2, 0.25) is 0 Å². The number of nitrogens with one attached hydrogen (secondary N) is 1. The van der Waals surface area contributed by atoms with Gasteiger partial charge in [0.2, 0.25) is 0 Å². The van der Waals surface area contributed by atoms with Crippen molar-refractivity contribution < 1.29 is 23.7 Å². The van der Waals surface area contributed by atoms with E-state index in [0.717, 1.165) is 11.1 Å². The molecule has 2 rings (SSSR count). The molecular weight excluding hydrogens is 372 g/mol. The molecule has 0 spiro atoms. The Balaban J connectivity index is 2.05. The van der Waals surface area contributed by atoms with Crippen molar-refractivity contribution in [2.75, 3.05) is 27.9 Å². The maximum atomic E-state index is 12.1. The normalized spacial score (nSPS) is 10.9. The lowest BCUT2D eigenvalue weighted by Crippen LogP contribution is -2.25. The minimum absolute atomic E-state index is 0.141. The van der Waals surface area contributed by atoms with Gasteiger partial charge in [0.25, 0.3) is 5.91 Å². The van der Waals surface area contributed by atoms with E-state index >= 15 is 0 Å². The molecule has 2 aromatic rings. The van der Waals surface area contributed by atoms with Crippen molar-refractivity contribution in [2.45, 2.75) is 26.7 Å². The Hall–Kier alpha value is -3.22. The van der Waals surface area contributed by atoms with Crippen LogP contribution in [0.3, 0.4) is 0 Å². The lowest BCUT2D eigenvalue weighted by molar-refractivity contribution is -0.123. The van der Waals surface area contributed by atoms with Gasteiger partial charge in [-0.1, -0.05) is 26.0 Å². The molecule has 0 saturated carbocycles. The molecule has 1 N–H and O–H groups in total. The van der Waals surface area contributed by atoms with Gasteiger partial charge in [-0.15, -0.1) is 0 Å². The summed E-state index contributed by atoms with van der Waals surface area (Å²) in [6.07, 6.45) is 1.46. The van der Waals surface area contributed by atoms with E-state index in [0.29, 0.717) is 34.5 Å². The summed E-state index contributed by atoms with van der Waals surface area (Å²) in [6.45, 7) is 6.00. The molecule has 0 aliphatic carbocycles. The van der Waals surface area contributed by atoms with Crippen LogP contribution in [0.15, 0.2) is 35.4 Å². The second kappa shape index (κ2) is 10.4. The third kappa shape index (κ3) is 5.88. The molecule has 0 atom stereocenters. The first-order chi connectivity index (χ1) is 13.9. The topological polar surface area (TPSA) is 78.4 Å². The van der Waals surface area contributed by atoms with Gasteiger partial charge in [0.1, 0.15) is 23.0 Å². The first-order valence-electron chi connectivity index (χ1n) is 9.24. The average Bonchev–Trinajstić information content (AvgIpc) is 2.71. The van der Waals surface area contributed by atoms with Gasteiger partial charge in [0.15, 0.2) is 6.61 Å². The van der Waals surface area contributed by atoms with E-state index in [-0.39, 0.29) is 12.5 Å². The van der Waals surface area contributed by atoms with Crippen molar-refractivity contribution in [3.63, 3.8) is 0 Å². The lowest BCUT2D eigenvalue weighted by atomic mass is 10.0. The number of carbonyl (C=O) groups is 1. The Morgan fingerprint density at radius 1 is 1.03 bits per heavy atom. The molecule has 0 aliphatic heterocycles. The van der Waals surface area contributed by atoms with Gasteiger partial charge in [0.05, 0.1) is 33.1 Å². The summed E-state index contributed by atoms with van der Waals surface area (Å²) in [7, 11) is 4.62. The number of hydrazone groups is 1. The van der Waals surface area contributed by atoms with Crippen LogP contribution in [0.4, 0.5) is 0 Å². The Morgan fingerprint density at radius 3 is 2.24 bits per heavy atom. The minimum Gasteiger partial charge on any atom is -0.496 e. The summed E-state index contributed by atoms with van der Waals surface area (Å²) >= 11 is 0. The molecule has 0 unspecified atom stereocenters. The Morgan fingerprint density at radius 2 is 1.69 bits per heavy atom. The fourth-order valence-corrected chi connectivity index (χ4v) is 2.75. The predicted octanol–water partition coefficient (Wildman–Crippen LogP) is 3.67. The van der Waals surface area contributed by atoms with Crippen molar-refractivity contribution in [1.82, 2.24) is 5.43 Å². The SMILES string of the molecule is COc1cc(OC)c(/C=N\NC(=O)COc2cc(C)ccc2C(C)C)c(OC)c1. The standard InChI is InChI=1S/C22H28N2O5/c1-14(2)17-8-7-15(3)9-21(17)29-13-22(25)24-23-12-18-19(27-5)10-16(26-4)11-20(18)28-6/h7-12,14H,13H2,1-6H3,(H,24,25)/b23-12-. The van der Waals surface area contributed by atoms with E-state index in [9.17, 15) is 4.79 Å². The molecule has 0 fully saturated rings. The summed E-state index contributed by atoms with van der Waals surface area (Å²) in [5, 5.41) is 4.00. The summed E-state index contributed by atoms with van der Waals surface area (Å²) in [5.74, 6) is 2.24. The fraction of sp³-hybridized carbons (Fsp3) is 0.364. The van der Waals surface area contributed by atoms with Crippen LogP contribution >= 0.6 is 0 Å². The molecule has 0 bridgehead atoms.